The molecular formula is C14H21ClN2OS. The topological polar surface area (TPSA) is 32.3 Å². The summed E-state index contributed by atoms with van der Waals surface area (Å²) in [7, 11) is 0. The second-order valence-electron chi connectivity index (χ2n) is 4.69. The fourth-order valence-corrected chi connectivity index (χ4v) is 3.07. The van der Waals surface area contributed by atoms with E-state index in [9.17, 15) is 4.79 Å². The van der Waals surface area contributed by atoms with E-state index in [1.807, 2.05) is 17.0 Å². The molecule has 0 spiro atoms. The third-order valence-electron chi connectivity index (χ3n) is 3.27. The molecular weight excluding hydrogens is 280 g/mol. The molecule has 1 aromatic carbocycles. The highest BCUT2D eigenvalue weighted by Gasteiger charge is 2.22. The quantitative estimate of drug-likeness (QED) is 0.870. The van der Waals surface area contributed by atoms with E-state index in [1.165, 1.54) is 10.5 Å². The van der Waals surface area contributed by atoms with Crippen molar-refractivity contribution < 1.29 is 4.79 Å². The van der Waals surface area contributed by atoms with Gasteiger partial charge in [-0.25, -0.2) is 0 Å². The highest BCUT2D eigenvalue weighted by atomic mass is 35.5. The van der Waals surface area contributed by atoms with E-state index in [0.717, 1.165) is 19.6 Å². The highest BCUT2D eigenvalue weighted by Crippen LogP contribution is 2.22. The molecule has 0 saturated carbocycles. The molecule has 19 heavy (non-hydrogen) atoms. The predicted octanol–water partition coefficient (Wildman–Crippen LogP) is 2.33. The molecule has 1 saturated heterocycles. The molecule has 0 bridgehead atoms. The molecule has 1 atom stereocenters. The summed E-state index contributed by atoms with van der Waals surface area (Å²) < 4.78 is 0. The van der Waals surface area contributed by atoms with Gasteiger partial charge in [0.2, 0.25) is 5.91 Å². The van der Waals surface area contributed by atoms with E-state index in [-0.39, 0.29) is 18.3 Å². The smallest absolute Gasteiger partial charge is 0.233 e. The maximum absolute atomic E-state index is 12.2. The first-order valence-electron chi connectivity index (χ1n) is 6.37. The number of piperazine rings is 1. The molecule has 1 heterocycles. The Morgan fingerprint density at radius 1 is 1.47 bits per heavy atom. The van der Waals surface area contributed by atoms with Gasteiger partial charge >= 0.3 is 0 Å². The molecule has 0 aromatic heterocycles. The number of nitrogens with one attached hydrogen (secondary N) is 1. The predicted molar refractivity (Wildman–Crippen MR) is 83.2 cm³/mol. The Hall–Kier alpha value is -0.710. The second kappa shape index (κ2) is 7.78. The molecule has 106 valence electrons. The summed E-state index contributed by atoms with van der Waals surface area (Å²) >= 11 is 1.64. The molecule has 1 fully saturated rings. The van der Waals surface area contributed by atoms with Crippen molar-refractivity contribution in [3.63, 3.8) is 0 Å². The number of carbonyl (C=O) groups is 1. The van der Waals surface area contributed by atoms with Gasteiger partial charge in [-0.2, -0.15) is 0 Å². The van der Waals surface area contributed by atoms with E-state index in [4.69, 9.17) is 0 Å². The normalized spacial score (nSPS) is 18.8. The zero-order valence-corrected chi connectivity index (χ0v) is 13.0. The van der Waals surface area contributed by atoms with Crippen molar-refractivity contribution in [2.45, 2.75) is 24.8 Å². The standard InChI is InChI=1S/C14H20N2OS.ClH/c1-11-5-3-4-6-13(11)18-10-14(17)16-8-7-15-9-12(16)2;/h3-6,12,15H,7-10H2,1-2H3;1H/t12-;/m0./s1. The molecule has 1 amide bonds. The van der Waals surface area contributed by atoms with Gasteiger partial charge in [-0.05, 0) is 25.5 Å². The van der Waals surface area contributed by atoms with Gasteiger partial charge in [-0.3, -0.25) is 4.79 Å². The maximum Gasteiger partial charge on any atom is 0.233 e. The first-order chi connectivity index (χ1) is 8.68. The van der Waals surface area contributed by atoms with E-state index in [0.29, 0.717) is 11.8 Å². The van der Waals surface area contributed by atoms with E-state index >= 15 is 0 Å². The third-order valence-corrected chi connectivity index (χ3v) is 4.43. The van der Waals surface area contributed by atoms with E-state index in [2.05, 4.69) is 31.3 Å². The van der Waals surface area contributed by atoms with Gasteiger partial charge in [0.05, 0.1) is 5.75 Å². The largest absolute Gasteiger partial charge is 0.337 e. The van der Waals surface area contributed by atoms with Gasteiger partial charge in [0.15, 0.2) is 0 Å². The zero-order valence-electron chi connectivity index (χ0n) is 11.4. The number of benzene rings is 1. The SMILES string of the molecule is Cc1ccccc1SCC(=O)N1CCNC[C@@H]1C.Cl. The summed E-state index contributed by atoms with van der Waals surface area (Å²) in [5.74, 6) is 0.784. The Morgan fingerprint density at radius 3 is 2.89 bits per heavy atom. The molecule has 5 heteroatoms. The van der Waals surface area contributed by atoms with Crippen LogP contribution in [0.5, 0.6) is 0 Å². The fourth-order valence-electron chi connectivity index (χ4n) is 2.15. The van der Waals surface area contributed by atoms with Crippen LogP contribution in [0.2, 0.25) is 0 Å². The lowest BCUT2D eigenvalue weighted by molar-refractivity contribution is -0.131. The molecule has 2 rings (SSSR count). The van der Waals surface area contributed by atoms with Crippen LogP contribution in [-0.2, 0) is 4.79 Å². The van der Waals surface area contributed by atoms with Crippen LogP contribution in [0, 0.1) is 6.92 Å². The molecule has 1 aromatic rings. The van der Waals surface area contributed by atoms with Gasteiger partial charge in [0.1, 0.15) is 0 Å². The monoisotopic (exact) mass is 300 g/mol. The van der Waals surface area contributed by atoms with Crippen molar-refractivity contribution >= 4 is 30.1 Å². The van der Waals surface area contributed by atoms with Crippen LogP contribution in [0.1, 0.15) is 12.5 Å². The molecule has 0 unspecified atom stereocenters. The number of amides is 1. The number of nitrogens with zero attached hydrogens (tertiary/aromatic N) is 1. The highest BCUT2D eigenvalue weighted by molar-refractivity contribution is 8.00. The van der Waals surface area contributed by atoms with Crippen molar-refractivity contribution in [3.05, 3.63) is 29.8 Å². The van der Waals surface area contributed by atoms with Crippen LogP contribution in [0.15, 0.2) is 29.2 Å². The van der Waals surface area contributed by atoms with Crippen molar-refractivity contribution in [3.8, 4) is 0 Å². The number of rotatable bonds is 3. The number of halogens is 1. The van der Waals surface area contributed by atoms with Crippen LogP contribution in [-0.4, -0.2) is 42.2 Å². The average molecular weight is 301 g/mol. The fraction of sp³-hybridized carbons (Fsp3) is 0.500. The van der Waals surface area contributed by atoms with Crippen molar-refractivity contribution in [1.82, 2.24) is 10.2 Å². The van der Waals surface area contributed by atoms with Gasteiger partial charge < -0.3 is 10.2 Å². The molecule has 1 aliphatic rings. The lowest BCUT2D eigenvalue weighted by atomic mass is 10.2. The Kier molecular flexibility index (Phi) is 6.69. The summed E-state index contributed by atoms with van der Waals surface area (Å²) in [6.45, 7) is 6.82. The lowest BCUT2D eigenvalue weighted by Crippen LogP contribution is -2.52. The molecule has 1 N–H and O–H groups in total. The minimum atomic E-state index is 0. The van der Waals surface area contributed by atoms with Crippen LogP contribution in [0.25, 0.3) is 0 Å². The van der Waals surface area contributed by atoms with E-state index in [1.54, 1.807) is 11.8 Å². The first-order valence-corrected chi connectivity index (χ1v) is 7.35. The minimum Gasteiger partial charge on any atom is -0.337 e. The zero-order chi connectivity index (χ0) is 13.0. The van der Waals surface area contributed by atoms with Crippen LogP contribution < -0.4 is 5.32 Å². The van der Waals surface area contributed by atoms with Gasteiger partial charge in [-0.1, -0.05) is 18.2 Å². The Labute approximate surface area is 125 Å². The van der Waals surface area contributed by atoms with Crippen LogP contribution in [0.4, 0.5) is 0 Å². The van der Waals surface area contributed by atoms with Gasteiger partial charge in [-0.15, -0.1) is 24.2 Å². The van der Waals surface area contributed by atoms with Crippen LogP contribution in [0.3, 0.4) is 0 Å². The summed E-state index contributed by atoms with van der Waals surface area (Å²) in [5, 5.41) is 3.30. The number of hydrogen-bond acceptors (Lipinski definition) is 3. The summed E-state index contributed by atoms with van der Waals surface area (Å²) in [5.41, 5.74) is 1.24. The first kappa shape index (κ1) is 16.3. The number of hydrogen-bond donors (Lipinski definition) is 1. The van der Waals surface area contributed by atoms with Crippen molar-refractivity contribution in [1.29, 1.82) is 0 Å². The average Bonchev–Trinajstić information content (AvgIpc) is 2.38. The molecule has 3 nitrogen and oxygen atoms in total. The second-order valence-corrected chi connectivity index (χ2v) is 5.71. The summed E-state index contributed by atoms with van der Waals surface area (Å²) in [6.07, 6.45) is 0. The van der Waals surface area contributed by atoms with E-state index < -0.39 is 0 Å². The number of carbonyl (C=O) groups excluding carboxylic acids is 1. The third kappa shape index (κ3) is 4.41. The molecule has 1 aliphatic heterocycles. The van der Waals surface area contributed by atoms with Crippen molar-refractivity contribution in [2.75, 3.05) is 25.4 Å². The molecule has 0 aliphatic carbocycles. The van der Waals surface area contributed by atoms with Gasteiger partial charge in [0.25, 0.3) is 0 Å². The summed E-state index contributed by atoms with van der Waals surface area (Å²) in [6, 6.07) is 8.52. The molecule has 0 radical (unpaired) electrons. The number of thioether (sulfide) groups is 1. The van der Waals surface area contributed by atoms with Gasteiger partial charge in [0, 0.05) is 30.6 Å². The van der Waals surface area contributed by atoms with Crippen molar-refractivity contribution in [2.24, 2.45) is 0 Å². The number of aryl methyl sites for hydroxylation is 1. The Morgan fingerprint density at radius 2 is 2.21 bits per heavy atom. The Balaban J connectivity index is 0.00000180. The van der Waals surface area contributed by atoms with Crippen LogP contribution >= 0.6 is 24.2 Å². The maximum atomic E-state index is 12.2. The summed E-state index contributed by atoms with van der Waals surface area (Å²) in [4.78, 5) is 15.4. The Bertz CT molecular complexity index is 428. The lowest BCUT2D eigenvalue weighted by Gasteiger charge is -2.34. The minimum absolute atomic E-state index is 0.